The zero-order chi connectivity index (χ0) is 16.3. The van der Waals surface area contributed by atoms with Crippen LogP contribution < -0.4 is 5.48 Å². The monoisotopic (exact) mass is 307 g/mol. The van der Waals surface area contributed by atoms with E-state index in [1.54, 1.807) is 28.6 Å². The van der Waals surface area contributed by atoms with Gasteiger partial charge in [0.15, 0.2) is 0 Å². The number of phenols is 1. The number of urea groups is 1. The van der Waals surface area contributed by atoms with Gasteiger partial charge in [-0.05, 0) is 23.6 Å². The molecule has 120 valence electrons. The van der Waals surface area contributed by atoms with Crippen molar-refractivity contribution in [2.75, 3.05) is 13.1 Å². The summed E-state index contributed by atoms with van der Waals surface area (Å²) in [6.07, 6.45) is 0. The fourth-order valence-corrected chi connectivity index (χ4v) is 2.75. The van der Waals surface area contributed by atoms with E-state index in [9.17, 15) is 14.7 Å². The smallest absolute Gasteiger partial charge is 0.321 e. The van der Waals surface area contributed by atoms with Gasteiger partial charge in [0.05, 0.1) is 0 Å². The van der Waals surface area contributed by atoms with Gasteiger partial charge in [-0.1, -0.05) is 26.0 Å². The molecule has 1 aliphatic rings. The quantitative estimate of drug-likeness (QED) is 0.562. The number of phenolic OH excluding ortho intramolecular Hbond substituents is 1. The molecule has 0 spiro atoms. The van der Waals surface area contributed by atoms with E-state index in [1.807, 2.05) is 19.9 Å². The van der Waals surface area contributed by atoms with Gasteiger partial charge in [-0.2, -0.15) is 0 Å². The summed E-state index contributed by atoms with van der Waals surface area (Å²) in [6, 6.07) is 5.78. The molecule has 3 amide bonds. The van der Waals surface area contributed by atoms with Crippen molar-refractivity contribution in [3.63, 3.8) is 0 Å². The molecular weight excluding hydrogens is 286 g/mol. The van der Waals surface area contributed by atoms with Crippen LogP contribution in [0.1, 0.15) is 19.4 Å². The van der Waals surface area contributed by atoms with Crippen LogP contribution in [0.4, 0.5) is 4.79 Å². The summed E-state index contributed by atoms with van der Waals surface area (Å²) in [5.41, 5.74) is 2.45. The van der Waals surface area contributed by atoms with Crippen LogP contribution in [0.25, 0.3) is 0 Å². The molecule has 1 saturated heterocycles. The number of hydrogen-bond donors (Lipinski definition) is 3. The Balaban J connectivity index is 2.10. The highest BCUT2D eigenvalue weighted by Gasteiger charge is 2.38. The van der Waals surface area contributed by atoms with Gasteiger partial charge >= 0.3 is 6.03 Å². The zero-order valence-electron chi connectivity index (χ0n) is 12.7. The Bertz CT molecular complexity index is 561. The Morgan fingerprint density at radius 3 is 2.68 bits per heavy atom. The minimum atomic E-state index is -0.702. The predicted molar refractivity (Wildman–Crippen MR) is 79.2 cm³/mol. The first-order valence-electron chi connectivity index (χ1n) is 7.21. The number of hydroxylamine groups is 1. The standard InChI is InChI=1S/C15H21N3O4/c1-10(2)13(14(20)16-22)18-7-6-17(15(18)21)9-11-4-3-5-12(19)8-11/h3-5,8,10,13,19,22H,6-7,9H2,1-2H3,(H,16,20). The normalized spacial score (nSPS) is 16.3. The summed E-state index contributed by atoms with van der Waals surface area (Å²) in [6.45, 7) is 4.94. The number of nitrogens with one attached hydrogen (secondary N) is 1. The Labute approximate surface area is 129 Å². The first-order chi connectivity index (χ1) is 10.4. The summed E-state index contributed by atoms with van der Waals surface area (Å²) in [7, 11) is 0. The van der Waals surface area contributed by atoms with Crippen molar-refractivity contribution in [3.05, 3.63) is 29.8 Å². The SMILES string of the molecule is CC(C)C(C(=O)NO)N1CCN(Cc2cccc(O)c2)C1=O. The molecule has 22 heavy (non-hydrogen) atoms. The molecule has 0 aliphatic carbocycles. The molecule has 1 aromatic rings. The molecular formula is C15H21N3O4. The Kier molecular flexibility index (Phi) is 4.87. The average Bonchev–Trinajstić information content (AvgIpc) is 2.80. The molecule has 1 heterocycles. The molecule has 2 rings (SSSR count). The maximum absolute atomic E-state index is 12.5. The van der Waals surface area contributed by atoms with Crippen LogP contribution in [0, 0.1) is 5.92 Å². The first kappa shape index (κ1) is 16.1. The van der Waals surface area contributed by atoms with Crippen molar-refractivity contribution in [1.82, 2.24) is 15.3 Å². The Morgan fingerprint density at radius 1 is 1.36 bits per heavy atom. The molecule has 1 fully saturated rings. The van der Waals surface area contributed by atoms with Crippen LogP contribution in [0.15, 0.2) is 24.3 Å². The topological polar surface area (TPSA) is 93.1 Å². The fraction of sp³-hybridized carbons (Fsp3) is 0.467. The van der Waals surface area contributed by atoms with Crippen molar-refractivity contribution in [3.8, 4) is 5.75 Å². The number of benzene rings is 1. The average molecular weight is 307 g/mol. The third kappa shape index (κ3) is 3.30. The highest BCUT2D eigenvalue weighted by atomic mass is 16.5. The Hall–Kier alpha value is -2.28. The van der Waals surface area contributed by atoms with Crippen LogP contribution in [-0.2, 0) is 11.3 Å². The molecule has 1 unspecified atom stereocenters. The van der Waals surface area contributed by atoms with Crippen LogP contribution in [0.5, 0.6) is 5.75 Å². The maximum Gasteiger partial charge on any atom is 0.321 e. The van der Waals surface area contributed by atoms with Crippen molar-refractivity contribution in [2.24, 2.45) is 5.92 Å². The first-order valence-corrected chi connectivity index (χ1v) is 7.21. The molecule has 3 N–H and O–H groups in total. The largest absolute Gasteiger partial charge is 0.508 e. The minimum absolute atomic E-state index is 0.114. The van der Waals surface area contributed by atoms with E-state index in [1.165, 1.54) is 4.90 Å². The highest BCUT2D eigenvalue weighted by Crippen LogP contribution is 2.21. The van der Waals surface area contributed by atoms with Gasteiger partial charge in [0, 0.05) is 19.6 Å². The molecule has 7 nitrogen and oxygen atoms in total. The molecule has 7 heteroatoms. The van der Waals surface area contributed by atoms with Gasteiger partial charge in [-0.3, -0.25) is 10.0 Å². The number of hydrogen-bond acceptors (Lipinski definition) is 4. The lowest BCUT2D eigenvalue weighted by Gasteiger charge is -2.29. The molecule has 1 atom stereocenters. The summed E-state index contributed by atoms with van der Waals surface area (Å²) < 4.78 is 0. The molecule has 1 aliphatic heterocycles. The van der Waals surface area contributed by atoms with E-state index < -0.39 is 11.9 Å². The molecule has 0 radical (unpaired) electrons. The van der Waals surface area contributed by atoms with Crippen molar-refractivity contribution in [2.45, 2.75) is 26.4 Å². The zero-order valence-corrected chi connectivity index (χ0v) is 12.7. The number of carbonyl (C=O) groups is 2. The van der Waals surface area contributed by atoms with Crippen LogP contribution in [-0.4, -0.2) is 51.2 Å². The van der Waals surface area contributed by atoms with Crippen LogP contribution in [0.2, 0.25) is 0 Å². The summed E-state index contributed by atoms with van der Waals surface area (Å²) in [5, 5.41) is 18.3. The van der Waals surface area contributed by atoms with E-state index in [-0.39, 0.29) is 17.7 Å². The van der Waals surface area contributed by atoms with Crippen molar-refractivity contribution in [1.29, 1.82) is 0 Å². The molecule has 0 saturated carbocycles. The second-order valence-electron chi connectivity index (χ2n) is 5.73. The fourth-order valence-electron chi connectivity index (χ4n) is 2.75. The van der Waals surface area contributed by atoms with E-state index in [0.717, 1.165) is 5.56 Å². The number of amides is 3. The molecule has 0 bridgehead atoms. The molecule has 0 aromatic heterocycles. The highest BCUT2D eigenvalue weighted by molar-refractivity contribution is 5.87. The third-order valence-electron chi connectivity index (χ3n) is 3.76. The van der Waals surface area contributed by atoms with Crippen LogP contribution >= 0.6 is 0 Å². The minimum Gasteiger partial charge on any atom is -0.508 e. The lowest BCUT2D eigenvalue weighted by Crippen LogP contribution is -2.50. The van der Waals surface area contributed by atoms with Gasteiger partial charge in [0.1, 0.15) is 11.8 Å². The summed E-state index contributed by atoms with van der Waals surface area (Å²) in [4.78, 5) is 27.4. The van der Waals surface area contributed by atoms with Gasteiger partial charge in [-0.15, -0.1) is 0 Å². The van der Waals surface area contributed by atoms with Crippen molar-refractivity contribution >= 4 is 11.9 Å². The van der Waals surface area contributed by atoms with E-state index in [2.05, 4.69) is 0 Å². The second kappa shape index (κ2) is 6.65. The second-order valence-corrected chi connectivity index (χ2v) is 5.73. The Morgan fingerprint density at radius 2 is 2.09 bits per heavy atom. The summed E-state index contributed by atoms with van der Waals surface area (Å²) in [5.74, 6) is -0.542. The predicted octanol–water partition coefficient (Wildman–Crippen LogP) is 1.16. The lowest BCUT2D eigenvalue weighted by atomic mass is 10.0. The molecule has 1 aromatic carbocycles. The summed E-state index contributed by atoms with van der Waals surface area (Å²) >= 11 is 0. The number of aromatic hydroxyl groups is 1. The third-order valence-corrected chi connectivity index (χ3v) is 3.76. The van der Waals surface area contributed by atoms with Crippen LogP contribution in [0.3, 0.4) is 0 Å². The van der Waals surface area contributed by atoms with Gasteiger partial charge in [-0.25, -0.2) is 10.3 Å². The van der Waals surface area contributed by atoms with E-state index in [0.29, 0.717) is 19.6 Å². The number of carbonyl (C=O) groups excluding carboxylic acids is 2. The van der Waals surface area contributed by atoms with Crippen molar-refractivity contribution < 1.29 is 19.9 Å². The van der Waals surface area contributed by atoms with Gasteiger partial charge in [0.2, 0.25) is 0 Å². The lowest BCUT2D eigenvalue weighted by molar-refractivity contribution is -0.135. The van der Waals surface area contributed by atoms with Gasteiger partial charge in [0.25, 0.3) is 5.91 Å². The van der Waals surface area contributed by atoms with Gasteiger partial charge < -0.3 is 14.9 Å². The van der Waals surface area contributed by atoms with E-state index in [4.69, 9.17) is 5.21 Å². The number of nitrogens with zero attached hydrogens (tertiary/aromatic N) is 2. The maximum atomic E-state index is 12.5. The number of rotatable bonds is 5. The van der Waals surface area contributed by atoms with E-state index >= 15 is 0 Å².